The summed E-state index contributed by atoms with van der Waals surface area (Å²) in [6.07, 6.45) is 24.4. The maximum atomic E-state index is 10.4. The Balaban J connectivity index is -0.00000108. The molecule has 2 rings (SSSR count). The summed E-state index contributed by atoms with van der Waals surface area (Å²) in [4.78, 5) is 2.13. The number of unbranched alkanes of at least 4 members (excludes halogenated alkanes) is 14. The van der Waals surface area contributed by atoms with E-state index in [9.17, 15) is 15.3 Å². The Morgan fingerprint density at radius 2 is 0.786 bits per heavy atom. The predicted molar refractivity (Wildman–Crippen MR) is 351 cm³/mol. The average molecular weight is 1270 g/mol. The molecular weight excluding hydrogens is 1130 g/mol. The van der Waals surface area contributed by atoms with Crippen molar-refractivity contribution in [1.29, 1.82) is 0 Å². The van der Waals surface area contributed by atoms with E-state index in [0.717, 1.165) is 168 Å². The van der Waals surface area contributed by atoms with Gasteiger partial charge in [-0.3, -0.25) is 4.90 Å². The molecule has 0 aromatic heterocycles. The van der Waals surface area contributed by atoms with Crippen LogP contribution in [-0.4, -0.2) is 238 Å². The minimum Gasteiger partial charge on any atom is -0.389 e. The van der Waals surface area contributed by atoms with Gasteiger partial charge in [0.2, 0.25) is 0 Å². The molecule has 2 saturated heterocycles. The zero-order valence-corrected chi connectivity index (χ0v) is 60.0. The van der Waals surface area contributed by atoms with Gasteiger partial charge in [0.05, 0.1) is 64.6 Å². The highest BCUT2D eigenvalue weighted by atomic mass is 28.4. The van der Waals surface area contributed by atoms with E-state index in [1.54, 1.807) is 42.7 Å². The van der Waals surface area contributed by atoms with E-state index in [1.807, 2.05) is 0 Å². The topological polar surface area (TPSA) is 229 Å². The van der Waals surface area contributed by atoms with Crippen molar-refractivity contribution in [2.75, 3.05) is 161 Å². The van der Waals surface area contributed by atoms with Crippen LogP contribution in [0.1, 0.15) is 176 Å². The van der Waals surface area contributed by atoms with Crippen LogP contribution in [-0.2, 0) is 59.7 Å². The number of nitrogens with two attached hydrogens (primary N) is 1. The Bertz CT molecular complexity index is 1220. The van der Waals surface area contributed by atoms with Gasteiger partial charge in [-0.2, -0.15) is 0 Å². The van der Waals surface area contributed by atoms with Gasteiger partial charge in [0.1, 0.15) is 12.2 Å². The normalized spacial score (nSPS) is 15.9. The van der Waals surface area contributed by atoms with Crippen molar-refractivity contribution in [3.8, 4) is 0 Å². The molecule has 0 aromatic carbocycles. The van der Waals surface area contributed by atoms with E-state index >= 15 is 0 Å². The second kappa shape index (κ2) is 64.4. The maximum Gasteiger partial charge on any atom is 0.500 e. The van der Waals surface area contributed by atoms with Gasteiger partial charge >= 0.3 is 17.6 Å². The predicted octanol–water partition coefficient (Wildman–Crippen LogP) is 10.5. The Labute approximate surface area is 519 Å². The van der Waals surface area contributed by atoms with Crippen molar-refractivity contribution in [2.24, 2.45) is 5.73 Å². The minimum absolute atomic E-state index is 0.331. The summed E-state index contributed by atoms with van der Waals surface area (Å²) in [5.74, 6) is 0. The van der Waals surface area contributed by atoms with Crippen molar-refractivity contribution in [1.82, 2.24) is 10.2 Å². The van der Waals surface area contributed by atoms with E-state index < -0.39 is 44.0 Å². The second-order valence-corrected chi connectivity index (χ2v) is 35.2. The monoisotopic (exact) mass is 1270 g/mol. The molecule has 0 aromatic rings. The van der Waals surface area contributed by atoms with E-state index in [2.05, 4.69) is 64.5 Å². The fraction of sp³-hybridized carbons (Fsp3) is 1.00. The lowest BCUT2D eigenvalue weighted by atomic mass is 10.2. The lowest BCUT2D eigenvalue weighted by Crippen LogP contribution is -2.42. The third-order valence-electron chi connectivity index (χ3n) is 13.9. The van der Waals surface area contributed by atoms with Crippen LogP contribution in [0.25, 0.3) is 0 Å². The van der Waals surface area contributed by atoms with Crippen LogP contribution in [0.3, 0.4) is 0 Å². The van der Waals surface area contributed by atoms with Gasteiger partial charge in [-0.05, 0) is 83.8 Å². The first-order valence-corrected chi connectivity index (χ1v) is 40.7. The van der Waals surface area contributed by atoms with Gasteiger partial charge < -0.3 is 86.1 Å². The van der Waals surface area contributed by atoms with E-state index in [1.165, 1.54) is 57.4 Å². The van der Waals surface area contributed by atoms with Crippen LogP contribution in [0.15, 0.2) is 0 Å². The van der Waals surface area contributed by atoms with Crippen LogP contribution >= 0.6 is 0 Å². The van der Waals surface area contributed by atoms with E-state index in [-0.39, 0.29) is 0 Å². The number of rotatable bonds is 57. The van der Waals surface area contributed by atoms with Gasteiger partial charge in [0.15, 0.2) is 0 Å². The Morgan fingerprint density at radius 1 is 0.452 bits per heavy atom. The SMILES string of the molecule is CCCCOCC(O)CN(CCCCCC[Si](OC)(OC)OC)CC(O)COCCCC.CCCCOCC(O)CNCCCCCC[Si](OC)(OC)OC.CCCCOCC1CO1.CCCCOCC1CO1.C[Si](C)(C)CCCCCCN. The molecule has 6 N–H and O–H groups in total. The van der Waals surface area contributed by atoms with Gasteiger partial charge in [-0.25, -0.2) is 0 Å². The fourth-order valence-electron chi connectivity index (χ4n) is 8.18. The Hall–Kier alpha value is -0.109. The minimum atomic E-state index is -2.49. The van der Waals surface area contributed by atoms with Gasteiger partial charge in [-0.1, -0.05) is 137 Å². The molecule has 0 spiro atoms. The smallest absolute Gasteiger partial charge is 0.389 e. The number of hydrogen-bond acceptors (Lipinski definition) is 19. The van der Waals surface area contributed by atoms with Crippen molar-refractivity contribution >= 4 is 25.7 Å². The molecular formula is C62H139N3O16Si3. The third-order valence-corrected chi connectivity index (χ3v) is 21.4. The van der Waals surface area contributed by atoms with Crippen molar-refractivity contribution < 1.29 is 75.0 Å². The van der Waals surface area contributed by atoms with Crippen LogP contribution in [0, 0.1) is 0 Å². The molecule has 19 nitrogen and oxygen atoms in total. The molecule has 0 saturated carbocycles. The third kappa shape index (κ3) is 63.5. The first kappa shape index (κ1) is 88.1. The van der Waals surface area contributed by atoms with Crippen LogP contribution in [0.4, 0.5) is 0 Å². The second-order valence-electron chi connectivity index (χ2n) is 23.4. The number of hydrogen-bond donors (Lipinski definition) is 5. The standard InChI is InChI=1S/C23H51NO7Si.C16H37NO5Si.C9H23NSi.2C7H14O2/c1-6-8-15-30-20-22(25)18-24(19-23(26)21-31-16-9-7-2)14-12-10-11-13-17-32(27-3,28-4)29-5;1-5-6-12-22-15-16(18)14-17-11-9-7-8-10-13-23(19-2,20-3)21-4;1-11(2,3)9-7-5-4-6-8-10;2*1-2-3-4-8-5-7-6-9-7/h22-23,25-26H,6-21H2,1-5H3;16-18H,5-15H2,1-4H3;4-10H2,1-3H3;2*7H,2-6H2,1H3. The lowest BCUT2D eigenvalue weighted by molar-refractivity contribution is -0.0110. The highest BCUT2D eigenvalue weighted by Gasteiger charge is 2.37. The summed E-state index contributed by atoms with van der Waals surface area (Å²) in [6.45, 7) is 30.6. The van der Waals surface area contributed by atoms with E-state index in [0.29, 0.717) is 64.9 Å². The van der Waals surface area contributed by atoms with Gasteiger partial charge in [-0.15, -0.1) is 0 Å². The molecule has 0 bridgehead atoms. The zero-order chi connectivity index (χ0) is 63.3. The van der Waals surface area contributed by atoms with Crippen LogP contribution in [0.5, 0.6) is 0 Å². The van der Waals surface area contributed by atoms with Gasteiger partial charge in [0, 0.05) is 115 Å². The molecule has 2 fully saturated rings. The largest absolute Gasteiger partial charge is 0.500 e. The van der Waals surface area contributed by atoms with Crippen molar-refractivity contribution in [3.63, 3.8) is 0 Å². The molecule has 2 aliphatic rings. The number of nitrogens with zero attached hydrogens (tertiary/aromatic N) is 1. The highest BCUT2D eigenvalue weighted by Crippen LogP contribution is 2.20. The number of aliphatic hydroxyl groups is 3. The fourth-order valence-corrected chi connectivity index (χ4v) is 13.1. The van der Waals surface area contributed by atoms with Gasteiger partial charge in [0.25, 0.3) is 0 Å². The number of epoxide rings is 2. The maximum absolute atomic E-state index is 10.4. The number of aliphatic hydroxyl groups excluding tert-OH is 3. The Kier molecular flexibility index (Phi) is 67.6. The van der Waals surface area contributed by atoms with Crippen LogP contribution in [0.2, 0.25) is 37.8 Å². The summed E-state index contributed by atoms with van der Waals surface area (Å²) >= 11 is 0. The molecule has 5 unspecified atom stereocenters. The Morgan fingerprint density at radius 3 is 1.13 bits per heavy atom. The molecule has 0 aliphatic carbocycles. The quantitative estimate of drug-likeness (QED) is 0.0217. The summed E-state index contributed by atoms with van der Waals surface area (Å²) in [6, 6.07) is 3.15. The molecule has 22 heteroatoms. The lowest BCUT2D eigenvalue weighted by Gasteiger charge is -2.27. The first-order chi connectivity index (χ1) is 40.5. The van der Waals surface area contributed by atoms with E-state index in [4.69, 9.17) is 65.4 Å². The zero-order valence-electron chi connectivity index (χ0n) is 57.0. The molecule has 0 amide bonds. The first-order valence-electron chi connectivity index (χ1n) is 33.1. The molecule has 510 valence electrons. The summed E-state index contributed by atoms with van der Waals surface area (Å²) in [5.41, 5.74) is 5.41. The van der Waals surface area contributed by atoms with Crippen molar-refractivity contribution in [2.45, 2.75) is 244 Å². The summed E-state index contributed by atoms with van der Waals surface area (Å²) in [7, 11) is 4.27. The van der Waals surface area contributed by atoms with Crippen molar-refractivity contribution in [3.05, 3.63) is 0 Å². The summed E-state index contributed by atoms with van der Waals surface area (Å²) in [5, 5.41) is 33.8. The highest BCUT2D eigenvalue weighted by molar-refractivity contribution is 6.76. The molecule has 2 heterocycles. The average Bonchev–Trinajstić information content (AvgIpc) is 4.47. The number of nitrogens with one attached hydrogen (secondary N) is 1. The molecule has 5 atom stereocenters. The van der Waals surface area contributed by atoms with Crippen LogP contribution < -0.4 is 11.1 Å². The molecule has 2 aliphatic heterocycles. The molecule has 84 heavy (non-hydrogen) atoms. The number of ether oxygens (including phenoxy) is 7. The molecule has 0 radical (unpaired) electrons. The summed E-state index contributed by atoms with van der Waals surface area (Å²) < 4.78 is 69.6.